The molecule has 0 saturated carbocycles. The molecule has 2 aromatic carbocycles. The van der Waals surface area contributed by atoms with E-state index < -0.39 is 0 Å². The first kappa shape index (κ1) is 16.2. The molecule has 6 heteroatoms. The summed E-state index contributed by atoms with van der Waals surface area (Å²) < 4.78 is 10.8. The highest BCUT2D eigenvalue weighted by Crippen LogP contribution is 2.20. The maximum atomic E-state index is 5.44. The molecule has 0 atom stereocenters. The molecule has 0 radical (unpaired) electrons. The van der Waals surface area contributed by atoms with Crippen molar-refractivity contribution in [2.24, 2.45) is 0 Å². The summed E-state index contributed by atoms with van der Waals surface area (Å²) in [5, 5.41) is 8.18. The highest BCUT2D eigenvalue weighted by atomic mass is 16.5. The lowest BCUT2D eigenvalue weighted by Crippen LogP contribution is -2.17. The highest BCUT2D eigenvalue weighted by molar-refractivity contribution is 5.58. The zero-order chi connectivity index (χ0) is 17.8. The first-order valence-electron chi connectivity index (χ1n) is 8.35. The normalized spacial score (nSPS) is 11.2. The van der Waals surface area contributed by atoms with Gasteiger partial charge in [0.15, 0.2) is 5.76 Å². The van der Waals surface area contributed by atoms with Crippen LogP contribution in [0.5, 0.6) is 0 Å². The standard InChI is InChI=1S/C20H18N4O2/c1-24(13-17-12-18(22-25-17)15-8-4-2-5-9-15)14-19-21-20(23-26-19)16-10-6-3-7-11-16/h2-12H,13-14H2,1H3. The molecule has 0 N–H and O–H groups in total. The molecule has 6 nitrogen and oxygen atoms in total. The SMILES string of the molecule is CN(Cc1cc(-c2ccccc2)no1)Cc1nc(-c2ccccc2)no1. The van der Waals surface area contributed by atoms with Gasteiger partial charge < -0.3 is 9.05 Å². The predicted octanol–water partition coefficient (Wildman–Crippen LogP) is 4.02. The van der Waals surface area contributed by atoms with Crippen molar-refractivity contribution in [3.05, 3.63) is 78.4 Å². The van der Waals surface area contributed by atoms with E-state index in [0.29, 0.717) is 24.8 Å². The number of aromatic nitrogens is 3. The molecule has 0 saturated heterocycles. The third-order valence-electron chi connectivity index (χ3n) is 3.96. The van der Waals surface area contributed by atoms with E-state index in [9.17, 15) is 0 Å². The van der Waals surface area contributed by atoms with Crippen LogP contribution in [0.15, 0.2) is 75.8 Å². The first-order valence-corrected chi connectivity index (χ1v) is 8.35. The second-order valence-electron chi connectivity index (χ2n) is 6.09. The highest BCUT2D eigenvalue weighted by Gasteiger charge is 2.13. The molecule has 2 heterocycles. The molecule has 0 aliphatic heterocycles. The fourth-order valence-electron chi connectivity index (χ4n) is 2.71. The van der Waals surface area contributed by atoms with E-state index >= 15 is 0 Å². The number of rotatable bonds is 6. The van der Waals surface area contributed by atoms with Gasteiger partial charge in [-0.3, -0.25) is 4.90 Å². The topological polar surface area (TPSA) is 68.2 Å². The van der Waals surface area contributed by atoms with Crippen molar-refractivity contribution < 1.29 is 9.05 Å². The van der Waals surface area contributed by atoms with E-state index in [1.54, 1.807) is 0 Å². The number of hydrogen-bond donors (Lipinski definition) is 0. The molecule has 0 unspecified atom stereocenters. The van der Waals surface area contributed by atoms with E-state index in [4.69, 9.17) is 9.05 Å². The minimum absolute atomic E-state index is 0.529. The third-order valence-corrected chi connectivity index (χ3v) is 3.96. The van der Waals surface area contributed by atoms with Gasteiger partial charge in [-0.25, -0.2) is 0 Å². The van der Waals surface area contributed by atoms with E-state index in [2.05, 4.69) is 15.3 Å². The summed E-state index contributed by atoms with van der Waals surface area (Å²) in [7, 11) is 1.97. The summed E-state index contributed by atoms with van der Waals surface area (Å²) in [5.41, 5.74) is 2.81. The predicted molar refractivity (Wildman–Crippen MR) is 96.8 cm³/mol. The lowest BCUT2D eigenvalue weighted by Gasteiger charge is -2.10. The van der Waals surface area contributed by atoms with Crippen LogP contribution in [0.4, 0.5) is 0 Å². The summed E-state index contributed by atoms with van der Waals surface area (Å²) in [6.07, 6.45) is 0. The van der Waals surface area contributed by atoms with Gasteiger partial charge >= 0.3 is 0 Å². The van der Waals surface area contributed by atoms with Crippen LogP contribution in [0.3, 0.4) is 0 Å². The molecule has 0 bridgehead atoms. The van der Waals surface area contributed by atoms with Crippen molar-refractivity contribution in [1.82, 2.24) is 20.2 Å². The zero-order valence-electron chi connectivity index (χ0n) is 14.4. The Labute approximate surface area is 151 Å². The monoisotopic (exact) mass is 346 g/mol. The Morgan fingerprint density at radius 1 is 0.808 bits per heavy atom. The van der Waals surface area contributed by atoms with Crippen LogP contribution in [0.25, 0.3) is 22.6 Å². The Bertz CT molecular complexity index is 884. The van der Waals surface area contributed by atoms with Gasteiger partial charge in [0.25, 0.3) is 0 Å². The van der Waals surface area contributed by atoms with Gasteiger partial charge in [-0.1, -0.05) is 71.0 Å². The van der Waals surface area contributed by atoms with Gasteiger partial charge in [-0.2, -0.15) is 4.98 Å². The smallest absolute Gasteiger partial charge is 0.241 e. The van der Waals surface area contributed by atoms with Crippen molar-refractivity contribution in [3.8, 4) is 22.6 Å². The van der Waals surface area contributed by atoms with Crippen LogP contribution in [-0.4, -0.2) is 27.2 Å². The number of hydrogen-bond acceptors (Lipinski definition) is 6. The van der Waals surface area contributed by atoms with E-state index in [-0.39, 0.29) is 0 Å². The molecule has 26 heavy (non-hydrogen) atoms. The molecular weight excluding hydrogens is 328 g/mol. The van der Waals surface area contributed by atoms with Crippen molar-refractivity contribution in [2.45, 2.75) is 13.1 Å². The molecular formula is C20H18N4O2. The van der Waals surface area contributed by atoms with Crippen LogP contribution in [0.1, 0.15) is 11.7 Å². The van der Waals surface area contributed by atoms with Gasteiger partial charge in [-0.05, 0) is 7.05 Å². The van der Waals surface area contributed by atoms with E-state index in [1.807, 2.05) is 78.7 Å². The molecule has 0 spiro atoms. The van der Waals surface area contributed by atoms with Crippen LogP contribution < -0.4 is 0 Å². The van der Waals surface area contributed by atoms with Crippen molar-refractivity contribution in [3.63, 3.8) is 0 Å². The minimum Gasteiger partial charge on any atom is -0.359 e. The lowest BCUT2D eigenvalue weighted by molar-refractivity contribution is 0.234. The van der Waals surface area contributed by atoms with Gasteiger partial charge in [0.1, 0.15) is 5.69 Å². The fourth-order valence-corrected chi connectivity index (χ4v) is 2.71. The van der Waals surface area contributed by atoms with E-state index in [0.717, 1.165) is 22.6 Å². The molecule has 2 aromatic heterocycles. The second kappa shape index (κ2) is 7.33. The average Bonchev–Trinajstić information content (AvgIpc) is 3.33. The fraction of sp³-hybridized carbons (Fsp3) is 0.150. The Morgan fingerprint density at radius 2 is 1.50 bits per heavy atom. The van der Waals surface area contributed by atoms with Gasteiger partial charge in [0.2, 0.25) is 11.7 Å². The van der Waals surface area contributed by atoms with Gasteiger partial charge in [0.05, 0.1) is 13.1 Å². The minimum atomic E-state index is 0.529. The molecule has 130 valence electrons. The maximum absolute atomic E-state index is 5.44. The van der Waals surface area contributed by atoms with Crippen molar-refractivity contribution in [2.75, 3.05) is 7.05 Å². The first-order chi connectivity index (χ1) is 12.8. The Balaban J connectivity index is 1.40. The Hall–Kier alpha value is -3.25. The van der Waals surface area contributed by atoms with Crippen molar-refractivity contribution >= 4 is 0 Å². The van der Waals surface area contributed by atoms with Crippen LogP contribution >= 0.6 is 0 Å². The second-order valence-corrected chi connectivity index (χ2v) is 6.09. The number of benzene rings is 2. The lowest BCUT2D eigenvalue weighted by atomic mass is 10.1. The van der Waals surface area contributed by atoms with Crippen LogP contribution in [-0.2, 0) is 13.1 Å². The molecule has 0 amide bonds. The maximum Gasteiger partial charge on any atom is 0.241 e. The molecule has 4 rings (SSSR count). The molecule has 4 aromatic rings. The zero-order valence-corrected chi connectivity index (χ0v) is 14.4. The van der Waals surface area contributed by atoms with Crippen LogP contribution in [0, 0.1) is 0 Å². The average molecular weight is 346 g/mol. The summed E-state index contributed by atoms with van der Waals surface area (Å²) in [6, 6.07) is 21.7. The summed E-state index contributed by atoms with van der Waals surface area (Å²) in [5.74, 6) is 1.95. The quantitative estimate of drug-likeness (QED) is 0.525. The third kappa shape index (κ3) is 3.70. The largest absolute Gasteiger partial charge is 0.359 e. The van der Waals surface area contributed by atoms with E-state index in [1.165, 1.54) is 0 Å². The summed E-state index contributed by atoms with van der Waals surface area (Å²) in [6.45, 7) is 1.13. The number of nitrogens with zero attached hydrogens (tertiary/aromatic N) is 4. The summed E-state index contributed by atoms with van der Waals surface area (Å²) in [4.78, 5) is 6.49. The van der Waals surface area contributed by atoms with Gasteiger partial charge in [-0.15, -0.1) is 0 Å². The van der Waals surface area contributed by atoms with Crippen molar-refractivity contribution in [1.29, 1.82) is 0 Å². The van der Waals surface area contributed by atoms with Gasteiger partial charge in [0, 0.05) is 17.2 Å². The molecule has 0 fully saturated rings. The van der Waals surface area contributed by atoms with Crippen LogP contribution in [0.2, 0.25) is 0 Å². The molecule has 0 aliphatic rings. The molecule has 0 aliphatic carbocycles. The Kier molecular flexibility index (Phi) is 4.57. The Morgan fingerprint density at radius 3 is 2.23 bits per heavy atom. The summed E-state index contributed by atoms with van der Waals surface area (Å²) >= 11 is 0.